The van der Waals surface area contributed by atoms with Crippen molar-refractivity contribution >= 4 is 10.0 Å². The van der Waals surface area contributed by atoms with Crippen LogP contribution in [0.15, 0.2) is 0 Å². The quantitative estimate of drug-likeness (QED) is 0.474. The highest BCUT2D eigenvalue weighted by atomic mass is 32.2. The molecule has 0 saturated heterocycles. The number of halogens is 6. The molecule has 0 aromatic carbocycles. The highest BCUT2D eigenvalue weighted by molar-refractivity contribution is 7.89. The molecule has 0 aliphatic heterocycles. The second kappa shape index (κ2) is 9.07. The molecule has 0 bridgehead atoms. The van der Waals surface area contributed by atoms with E-state index in [-0.39, 0.29) is 13.0 Å². The number of nitrogens with zero attached hydrogens (tertiary/aromatic N) is 1. The van der Waals surface area contributed by atoms with Gasteiger partial charge in [-0.2, -0.15) is 26.3 Å². The topological polar surface area (TPSA) is 49.4 Å². The van der Waals surface area contributed by atoms with Crippen LogP contribution in [0.25, 0.3) is 0 Å². The third kappa shape index (κ3) is 10.8. The number of unbranched alkanes of at least 4 members (excludes halogenated alkanes) is 1. The fourth-order valence-corrected chi connectivity index (χ4v) is 3.03. The first-order valence-corrected chi connectivity index (χ1v) is 8.66. The largest absolute Gasteiger partial charge is 0.400 e. The zero-order valence-corrected chi connectivity index (χ0v) is 13.8. The average Bonchev–Trinajstić information content (AvgIpc) is 2.30. The molecule has 0 radical (unpaired) electrons. The highest BCUT2D eigenvalue weighted by Gasteiger charge is 2.55. The van der Waals surface area contributed by atoms with Crippen LogP contribution in [-0.2, 0) is 10.0 Å². The van der Waals surface area contributed by atoms with E-state index in [2.05, 4.69) is 4.72 Å². The predicted molar refractivity (Wildman–Crippen MR) is 74.4 cm³/mol. The van der Waals surface area contributed by atoms with Gasteiger partial charge in [-0.3, -0.25) is 0 Å². The maximum Gasteiger partial charge on any atom is 0.400 e. The third-order valence-corrected chi connectivity index (χ3v) is 4.52. The summed E-state index contributed by atoms with van der Waals surface area (Å²) in [7, 11) is -0.0560. The maximum absolute atomic E-state index is 12.3. The van der Waals surface area contributed by atoms with Gasteiger partial charge < -0.3 is 4.90 Å². The van der Waals surface area contributed by atoms with Crippen molar-refractivity contribution in [3.8, 4) is 0 Å². The molecule has 23 heavy (non-hydrogen) atoms. The Labute approximate surface area is 132 Å². The van der Waals surface area contributed by atoms with E-state index in [4.69, 9.17) is 0 Å². The Kier molecular flexibility index (Phi) is 8.85. The molecular formula is C12H22F6N2O2S. The Hall–Kier alpha value is -0.550. The van der Waals surface area contributed by atoms with Gasteiger partial charge in [-0.25, -0.2) is 13.1 Å². The van der Waals surface area contributed by atoms with Gasteiger partial charge in [0, 0.05) is 6.54 Å². The van der Waals surface area contributed by atoms with E-state index in [1.165, 1.54) is 0 Å². The molecule has 1 N–H and O–H groups in total. The standard InChI is InChI=1S/C12H22F6N2O2S/c1-20(2)8-5-7-19-23(21,22)9-4-3-6-10(11(13,14)15)12(16,17)18/h10,19H,3-9H2,1-2H3. The van der Waals surface area contributed by atoms with Crippen LogP contribution in [0.4, 0.5) is 26.3 Å². The van der Waals surface area contributed by atoms with Gasteiger partial charge in [0.15, 0.2) is 5.92 Å². The number of alkyl halides is 6. The molecule has 0 unspecified atom stereocenters. The summed E-state index contributed by atoms with van der Waals surface area (Å²) in [6.07, 6.45) is -12.1. The molecule has 0 saturated carbocycles. The molecule has 4 nitrogen and oxygen atoms in total. The molecule has 0 aromatic rings. The third-order valence-electron chi connectivity index (χ3n) is 3.05. The van der Waals surface area contributed by atoms with Gasteiger partial charge >= 0.3 is 12.4 Å². The molecule has 0 spiro atoms. The van der Waals surface area contributed by atoms with E-state index in [0.29, 0.717) is 13.0 Å². The van der Waals surface area contributed by atoms with Crippen LogP contribution < -0.4 is 4.72 Å². The lowest BCUT2D eigenvalue weighted by molar-refractivity contribution is -0.285. The monoisotopic (exact) mass is 372 g/mol. The number of rotatable bonds is 10. The Bertz CT molecular complexity index is 420. The van der Waals surface area contributed by atoms with Crippen LogP contribution in [0.2, 0.25) is 0 Å². The van der Waals surface area contributed by atoms with E-state index < -0.39 is 46.9 Å². The number of hydrogen-bond donors (Lipinski definition) is 1. The second-order valence-corrected chi connectivity index (χ2v) is 7.43. The lowest BCUT2D eigenvalue weighted by Crippen LogP contribution is -2.36. The van der Waals surface area contributed by atoms with Crippen LogP contribution in [0.5, 0.6) is 0 Å². The van der Waals surface area contributed by atoms with Gasteiger partial charge in [0.2, 0.25) is 10.0 Å². The molecule has 140 valence electrons. The van der Waals surface area contributed by atoms with Gasteiger partial charge in [0.05, 0.1) is 5.75 Å². The summed E-state index contributed by atoms with van der Waals surface area (Å²) in [5, 5.41) is 0. The summed E-state index contributed by atoms with van der Waals surface area (Å²) < 4.78 is 99.1. The Balaban J connectivity index is 4.18. The van der Waals surface area contributed by atoms with Crippen LogP contribution >= 0.6 is 0 Å². The summed E-state index contributed by atoms with van der Waals surface area (Å²) in [5.41, 5.74) is 0. The minimum Gasteiger partial charge on any atom is -0.309 e. The molecule has 0 heterocycles. The average molecular weight is 372 g/mol. The zero-order valence-electron chi connectivity index (χ0n) is 13.0. The molecule has 0 aliphatic carbocycles. The first-order chi connectivity index (χ1) is 10.3. The second-order valence-electron chi connectivity index (χ2n) is 5.50. The Morgan fingerprint density at radius 2 is 1.48 bits per heavy atom. The van der Waals surface area contributed by atoms with Crippen LogP contribution in [0, 0.1) is 5.92 Å². The molecule has 0 atom stereocenters. The number of nitrogens with one attached hydrogen (secondary N) is 1. The molecular weight excluding hydrogens is 350 g/mol. The summed E-state index contributed by atoms with van der Waals surface area (Å²) >= 11 is 0. The van der Waals surface area contributed by atoms with E-state index in [1.807, 2.05) is 19.0 Å². The first-order valence-electron chi connectivity index (χ1n) is 7.01. The Morgan fingerprint density at radius 1 is 0.957 bits per heavy atom. The van der Waals surface area contributed by atoms with Crippen molar-refractivity contribution in [3.05, 3.63) is 0 Å². The summed E-state index contributed by atoms with van der Waals surface area (Å²) in [6.45, 7) is 0.829. The van der Waals surface area contributed by atoms with Gasteiger partial charge in [0.1, 0.15) is 0 Å². The van der Waals surface area contributed by atoms with E-state index in [0.717, 1.165) is 0 Å². The predicted octanol–water partition coefficient (Wildman–Crippen LogP) is 2.77. The number of hydrogen-bond acceptors (Lipinski definition) is 3. The highest BCUT2D eigenvalue weighted by Crippen LogP contribution is 2.42. The summed E-state index contributed by atoms with van der Waals surface area (Å²) in [5.74, 6) is -3.90. The van der Waals surface area contributed by atoms with E-state index in [1.54, 1.807) is 0 Å². The van der Waals surface area contributed by atoms with Crippen molar-refractivity contribution in [2.75, 3.05) is 32.9 Å². The van der Waals surface area contributed by atoms with Gasteiger partial charge in [-0.15, -0.1) is 0 Å². The Morgan fingerprint density at radius 3 is 1.91 bits per heavy atom. The van der Waals surface area contributed by atoms with Crippen molar-refractivity contribution in [2.45, 2.75) is 38.0 Å². The van der Waals surface area contributed by atoms with Gasteiger partial charge in [0.25, 0.3) is 0 Å². The fourth-order valence-electron chi connectivity index (χ4n) is 1.85. The van der Waals surface area contributed by atoms with Gasteiger partial charge in [-0.05, 0) is 39.9 Å². The van der Waals surface area contributed by atoms with Crippen LogP contribution in [-0.4, -0.2) is 58.6 Å². The SMILES string of the molecule is CN(C)CCCNS(=O)(=O)CCCCC(C(F)(F)F)C(F)(F)F. The zero-order chi connectivity index (χ0) is 18.3. The summed E-state index contributed by atoms with van der Waals surface area (Å²) in [4.78, 5) is 1.85. The van der Waals surface area contributed by atoms with Crippen molar-refractivity contribution in [2.24, 2.45) is 5.92 Å². The van der Waals surface area contributed by atoms with Crippen molar-refractivity contribution in [3.63, 3.8) is 0 Å². The minimum atomic E-state index is -5.37. The molecule has 0 aliphatic rings. The van der Waals surface area contributed by atoms with Gasteiger partial charge in [-0.1, -0.05) is 6.42 Å². The molecule has 0 rings (SSSR count). The van der Waals surface area contributed by atoms with Crippen LogP contribution in [0.3, 0.4) is 0 Å². The lowest BCUT2D eigenvalue weighted by Gasteiger charge is -2.22. The molecule has 0 fully saturated rings. The fraction of sp³-hybridized carbons (Fsp3) is 1.00. The number of sulfonamides is 1. The van der Waals surface area contributed by atoms with E-state index in [9.17, 15) is 34.8 Å². The smallest absolute Gasteiger partial charge is 0.309 e. The maximum atomic E-state index is 12.3. The normalized spacial score (nSPS) is 14.0. The van der Waals surface area contributed by atoms with Crippen LogP contribution in [0.1, 0.15) is 25.7 Å². The van der Waals surface area contributed by atoms with E-state index >= 15 is 0 Å². The molecule has 11 heteroatoms. The van der Waals surface area contributed by atoms with Crippen molar-refractivity contribution in [1.29, 1.82) is 0 Å². The first kappa shape index (κ1) is 22.4. The minimum absolute atomic E-state index is 0.175. The van der Waals surface area contributed by atoms with Crippen molar-refractivity contribution < 1.29 is 34.8 Å². The lowest BCUT2D eigenvalue weighted by atomic mass is 10.0. The molecule has 0 amide bonds. The summed E-state index contributed by atoms with van der Waals surface area (Å²) in [6, 6.07) is 0. The molecule has 0 aromatic heterocycles. The van der Waals surface area contributed by atoms with Crippen molar-refractivity contribution in [1.82, 2.24) is 9.62 Å².